The number of quaternary nitrogens is 1. The average Bonchev–Trinajstić information content (AvgIpc) is 3.22. The second-order valence-corrected chi connectivity index (χ2v) is 7.91. The first-order valence-electron chi connectivity index (χ1n) is 9.10. The van der Waals surface area contributed by atoms with Gasteiger partial charge in [-0.25, -0.2) is 4.76 Å². The fourth-order valence-corrected chi connectivity index (χ4v) is 5.84. The van der Waals surface area contributed by atoms with E-state index >= 15 is 0 Å². The van der Waals surface area contributed by atoms with Crippen molar-refractivity contribution in [2.24, 2.45) is 11.8 Å². The van der Waals surface area contributed by atoms with E-state index in [1.165, 1.54) is 30.8 Å². The molecule has 22 heavy (non-hydrogen) atoms. The minimum Gasteiger partial charge on any atom is -0.604 e. The van der Waals surface area contributed by atoms with Gasteiger partial charge in [0.25, 0.3) is 5.54 Å². The summed E-state index contributed by atoms with van der Waals surface area (Å²) in [6, 6.07) is 0.277. The largest absolute Gasteiger partial charge is 0.604 e. The Balaban J connectivity index is 1.39. The summed E-state index contributed by atoms with van der Waals surface area (Å²) >= 11 is 0. The fourth-order valence-electron chi connectivity index (χ4n) is 5.84. The van der Waals surface area contributed by atoms with Crippen LogP contribution >= 0.6 is 0 Å². The molecule has 5 nitrogen and oxygen atoms in total. The summed E-state index contributed by atoms with van der Waals surface area (Å²) in [4.78, 5) is 12.9. The van der Waals surface area contributed by atoms with Crippen LogP contribution in [0.1, 0.15) is 57.8 Å². The Morgan fingerprint density at radius 2 is 1.86 bits per heavy atom. The number of hydrazine groups is 1. The van der Waals surface area contributed by atoms with Crippen molar-refractivity contribution in [2.75, 3.05) is 0 Å². The number of nitrogens with zero attached hydrogens (tertiary/aromatic N) is 2. The molecule has 120 valence electrons. The number of hydrogen-bond acceptors (Lipinski definition) is 3. The minimum atomic E-state index is -0.631. The number of fused-ring (bicyclic) bond motifs is 2. The minimum absolute atomic E-state index is 0.0317. The van der Waals surface area contributed by atoms with Gasteiger partial charge in [0.15, 0.2) is 6.04 Å². The van der Waals surface area contributed by atoms with Gasteiger partial charge in [0.05, 0.1) is 5.92 Å². The normalized spacial score (nSPS) is 50.0. The number of amides is 1. The predicted molar refractivity (Wildman–Crippen MR) is 81.6 cm³/mol. The van der Waals surface area contributed by atoms with Crippen LogP contribution in [0.15, 0.2) is 12.2 Å². The molecule has 2 saturated carbocycles. The molecule has 2 heterocycles. The number of rotatable bonds is 2. The Labute approximate surface area is 131 Å². The van der Waals surface area contributed by atoms with Crippen LogP contribution in [0, 0.1) is 17.0 Å². The van der Waals surface area contributed by atoms with Crippen molar-refractivity contribution in [2.45, 2.75) is 75.4 Å². The molecule has 0 aromatic rings. The molecule has 2 bridgehead atoms. The quantitative estimate of drug-likeness (QED) is 0.280. The van der Waals surface area contributed by atoms with Crippen LogP contribution in [0.25, 0.3) is 0 Å². The summed E-state index contributed by atoms with van der Waals surface area (Å²) in [7, 11) is 0. The van der Waals surface area contributed by atoms with E-state index in [9.17, 15) is 10.0 Å². The second-order valence-electron chi connectivity index (χ2n) is 7.91. The molecule has 0 aromatic carbocycles. The molecule has 6 rings (SSSR count). The van der Waals surface area contributed by atoms with Gasteiger partial charge < -0.3 is 5.21 Å². The van der Waals surface area contributed by atoms with Crippen LogP contribution in [0.3, 0.4) is 0 Å². The summed E-state index contributed by atoms with van der Waals surface area (Å²) < 4.78 is -0.384. The Bertz CT molecular complexity index is 542. The molecular formula is C17H25N3O2. The van der Waals surface area contributed by atoms with Crippen LogP contribution in [0.2, 0.25) is 0 Å². The Morgan fingerprint density at radius 3 is 2.64 bits per heavy atom. The summed E-state index contributed by atoms with van der Waals surface area (Å²) in [5, 5.41) is 14.9. The molecule has 1 N–H and O–H groups in total. The van der Waals surface area contributed by atoms with Gasteiger partial charge in [-0.1, -0.05) is 44.3 Å². The topological polar surface area (TPSA) is 55.4 Å². The first-order chi connectivity index (χ1) is 10.7. The number of hydroxylamine groups is 2. The van der Waals surface area contributed by atoms with Gasteiger partial charge in [-0.3, -0.25) is 4.79 Å². The zero-order valence-corrected chi connectivity index (χ0v) is 13.0. The smallest absolute Gasteiger partial charge is 0.356 e. The number of nitrogens with one attached hydrogen (secondary N) is 1. The van der Waals surface area contributed by atoms with Crippen LogP contribution in [0.5, 0.6) is 0 Å². The SMILES string of the molecule is O=C1N(NC2CCCCCC2)[N+]2([O-])[C@H]3C4C=CC(CCC4)[C@@]132. The van der Waals surface area contributed by atoms with E-state index in [4.69, 9.17) is 0 Å². The standard InChI is InChI=1S/C17H25N3O2/c21-16-17-13-7-5-6-12(10-11-13)15(17)20(17,22)19(16)18-14-8-3-1-2-4-9-14/h10-15,18H,1-9H2/t12?,13?,15-,17-,20?/m0/s1. The molecule has 0 radical (unpaired) electrons. The van der Waals surface area contributed by atoms with Gasteiger partial charge in [-0.05, 0) is 25.7 Å². The number of hydrogen-bond donors (Lipinski definition) is 1. The van der Waals surface area contributed by atoms with E-state index in [1.807, 2.05) is 0 Å². The Kier molecular flexibility index (Phi) is 2.67. The van der Waals surface area contributed by atoms with Crippen molar-refractivity contribution in [3.63, 3.8) is 0 Å². The highest BCUT2D eigenvalue weighted by atomic mass is 16.7. The predicted octanol–water partition coefficient (Wildman–Crippen LogP) is 2.39. The third kappa shape index (κ3) is 1.35. The highest BCUT2D eigenvalue weighted by Crippen LogP contribution is 2.71. The lowest BCUT2D eigenvalue weighted by Crippen LogP contribution is -2.74. The van der Waals surface area contributed by atoms with Crippen LogP contribution in [-0.2, 0) is 4.79 Å². The molecule has 5 heteroatoms. The molecule has 0 aromatic heterocycles. The van der Waals surface area contributed by atoms with Crippen LogP contribution < -0.4 is 5.43 Å². The summed E-state index contributed by atoms with van der Waals surface area (Å²) in [6.07, 6.45) is 14.8. The molecular weight excluding hydrogens is 278 g/mol. The van der Waals surface area contributed by atoms with E-state index in [0.29, 0.717) is 12.0 Å². The van der Waals surface area contributed by atoms with Crippen molar-refractivity contribution in [3.05, 3.63) is 17.4 Å². The molecule has 4 aliphatic carbocycles. The summed E-state index contributed by atoms with van der Waals surface area (Å²) in [6.45, 7) is 0. The first kappa shape index (κ1) is 13.5. The van der Waals surface area contributed by atoms with E-state index in [0.717, 1.165) is 32.1 Å². The first-order valence-corrected chi connectivity index (χ1v) is 9.10. The number of carbonyl (C=O) groups excluding carboxylic acids is 1. The third-order valence-corrected chi connectivity index (χ3v) is 6.90. The summed E-state index contributed by atoms with van der Waals surface area (Å²) in [5.74, 6) is 0.563. The van der Waals surface area contributed by atoms with E-state index in [-0.39, 0.29) is 22.6 Å². The Hall–Kier alpha value is -0.910. The molecule has 1 spiro atoms. The lowest BCUT2D eigenvalue weighted by Gasteiger charge is -2.49. The average molecular weight is 303 g/mol. The van der Waals surface area contributed by atoms with Crippen LogP contribution in [-0.4, -0.2) is 33.4 Å². The lowest BCUT2D eigenvalue weighted by molar-refractivity contribution is -0.937. The summed E-state index contributed by atoms with van der Waals surface area (Å²) in [5.41, 5.74) is 2.70. The molecule has 6 aliphatic rings. The molecule has 2 aliphatic heterocycles. The van der Waals surface area contributed by atoms with Gasteiger partial charge in [0, 0.05) is 12.0 Å². The van der Waals surface area contributed by atoms with Gasteiger partial charge in [0.2, 0.25) is 0 Å². The monoisotopic (exact) mass is 303 g/mol. The molecule has 1 amide bonds. The van der Waals surface area contributed by atoms with Crippen molar-refractivity contribution in [1.82, 2.24) is 10.5 Å². The molecule has 3 unspecified atom stereocenters. The lowest BCUT2D eigenvalue weighted by atomic mass is 9.79. The maximum atomic E-state index is 13.4. The van der Waals surface area contributed by atoms with Gasteiger partial charge in [0.1, 0.15) is 0 Å². The third-order valence-electron chi connectivity index (χ3n) is 6.90. The van der Waals surface area contributed by atoms with Gasteiger partial charge in [-0.15, -0.1) is 5.12 Å². The van der Waals surface area contributed by atoms with E-state index in [2.05, 4.69) is 17.6 Å². The molecule has 4 fully saturated rings. The fraction of sp³-hybridized carbons (Fsp3) is 0.824. The van der Waals surface area contributed by atoms with E-state index in [1.54, 1.807) is 0 Å². The number of carbonyl (C=O) groups is 1. The zero-order chi connectivity index (χ0) is 14.9. The van der Waals surface area contributed by atoms with Crippen molar-refractivity contribution < 1.29 is 9.55 Å². The molecule has 5 atom stereocenters. The highest BCUT2D eigenvalue weighted by Gasteiger charge is 2.97. The van der Waals surface area contributed by atoms with E-state index < -0.39 is 5.54 Å². The van der Waals surface area contributed by atoms with Crippen molar-refractivity contribution in [3.8, 4) is 0 Å². The Morgan fingerprint density at radius 1 is 1.09 bits per heavy atom. The van der Waals surface area contributed by atoms with Gasteiger partial charge >= 0.3 is 5.91 Å². The highest BCUT2D eigenvalue weighted by molar-refractivity contribution is 5.94. The maximum Gasteiger partial charge on any atom is 0.356 e. The van der Waals surface area contributed by atoms with Crippen LogP contribution in [0.4, 0.5) is 0 Å². The maximum absolute atomic E-state index is 13.4. The zero-order valence-electron chi connectivity index (χ0n) is 13.0. The van der Waals surface area contributed by atoms with Crippen molar-refractivity contribution >= 4 is 5.91 Å². The van der Waals surface area contributed by atoms with Crippen molar-refractivity contribution in [1.29, 1.82) is 0 Å². The molecule has 2 saturated heterocycles. The van der Waals surface area contributed by atoms with Gasteiger partial charge in [-0.2, -0.15) is 5.43 Å². The second kappa shape index (κ2) is 4.34.